The molecule has 0 saturated carbocycles. The molecule has 2 rings (SSSR count). The molecule has 0 unspecified atom stereocenters. The van der Waals surface area contributed by atoms with Crippen molar-refractivity contribution in [3.8, 4) is 5.69 Å². The Morgan fingerprint density at radius 2 is 1.88 bits per heavy atom. The lowest BCUT2D eigenvalue weighted by Gasteiger charge is -2.10. The predicted octanol–water partition coefficient (Wildman–Crippen LogP) is 1.99. The zero-order chi connectivity index (χ0) is 11.8. The van der Waals surface area contributed by atoms with Gasteiger partial charge in [-0.25, -0.2) is 0 Å². The number of para-hydroxylation sites is 1. The van der Waals surface area contributed by atoms with Gasteiger partial charge in [-0.2, -0.15) is 13.2 Å². The first-order chi connectivity index (χ1) is 7.48. The largest absolute Gasteiger partial charge is 0.418 e. The SMILES string of the molecule is Cc1nnn(-c2ccccc2C(F)(F)F)n1. The van der Waals surface area contributed by atoms with E-state index >= 15 is 0 Å². The average Bonchev–Trinajstić information content (AvgIpc) is 2.64. The van der Waals surface area contributed by atoms with Crippen molar-refractivity contribution in [1.82, 2.24) is 20.2 Å². The monoisotopic (exact) mass is 228 g/mol. The van der Waals surface area contributed by atoms with Crippen LogP contribution in [0.15, 0.2) is 24.3 Å². The van der Waals surface area contributed by atoms with E-state index in [1.165, 1.54) is 18.2 Å². The van der Waals surface area contributed by atoms with E-state index < -0.39 is 11.7 Å². The lowest BCUT2D eigenvalue weighted by atomic mass is 10.2. The third kappa shape index (κ3) is 1.88. The minimum atomic E-state index is -4.43. The first-order valence-electron chi connectivity index (χ1n) is 4.42. The predicted molar refractivity (Wildman–Crippen MR) is 48.9 cm³/mol. The molecule has 0 N–H and O–H groups in total. The fourth-order valence-corrected chi connectivity index (χ4v) is 1.27. The molecule has 0 bridgehead atoms. The number of tetrazole rings is 1. The molecule has 0 fully saturated rings. The number of halogens is 3. The van der Waals surface area contributed by atoms with Gasteiger partial charge in [0.05, 0.1) is 11.3 Å². The van der Waals surface area contributed by atoms with Gasteiger partial charge in [-0.05, 0) is 24.3 Å². The number of aromatic nitrogens is 4. The van der Waals surface area contributed by atoms with Gasteiger partial charge in [-0.1, -0.05) is 12.1 Å². The molecular formula is C9H7F3N4. The molecular weight excluding hydrogens is 221 g/mol. The van der Waals surface area contributed by atoms with Crippen LogP contribution < -0.4 is 0 Å². The van der Waals surface area contributed by atoms with Crippen LogP contribution in [0.25, 0.3) is 5.69 Å². The van der Waals surface area contributed by atoms with Crippen molar-refractivity contribution < 1.29 is 13.2 Å². The smallest absolute Gasteiger partial charge is 0.166 e. The summed E-state index contributed by atoms with van der Waals surface area (Å²) in [7, 11) is 0. The van der Waals surface area contributed by atoms with Gasteiger partial charge in [0, 0.05) is 0 Å². The Hall–Kier alpha value is -1.92. The quantitative estimate of drug-likeness (QED) is 0.749. The molecule has 1 aromatic heterocycles. The molecule has 4 nitrogen and oxygen atoms in total. The number of nitrogens with zero attached hydrogens (tertiary/aromatic N) is 4. The number of hydrogen-bond acceptors (Lipinski definition) is 3. The van der Waals surface area contributed by atoms with Crippen molar-refractivity contribution >= 4 is 0 Å². The van der Waals surface area contributed by atoms with Crippen LogP contribution in [0.4, 0.5) is 13.2 Å². The first-order valence-corrected chi connectivity index (χ1v) is 4.42. The Kier molecular flexibility index (Phi) is 2.37. The third-order valence-corrected chi connectivity index (χ3v) is 1.94. The van der Waals surface area contributed by atoms with Gasteiger partial charge >= 0.3 is 6.18 Å². The van der Waals surface area contributed by atoms with E-state index in [1.54, 1.807) is 6.92 Å². The van der Waals surface area contributed by atoms with Gasteiger partial charge in [-0.3, -0.25) is 0 Å². The van der Waals surface area contributed by atoms with E-state index in [2.05, 4.69) is 15.4 Å². The molecule has 0 saturated heterocycles. The molecule has 1 aromatic carbocycles. The summed E-state index contributed by atoms with van der Waals surface area (Å²) in [6, 6.07) is 5.08. The maximum Gasteiger partial charge on any atom is 0.418 e. The topological polar surface area (TPSA) is 43.6 Å². The molecule has 0 spiro atoms. The molecule has 0 aliphatic carbocycles. The highest BCUT2D eigenvalue weighted by Gasteiger charge is 2.34. The molecule has 16 heavy (non-hydrogen) atoms. The Labute approximate surface area is 88.7 Å². The summed E-state index contributed by atoms with van der Waals surface area (Å²) in [5.74, 6) is 0.317. The average molecular weight is 228 g/mol. The molecule has 2 aromatic rings. The van der Waals surface area contributed by atoms with Crippen LogP contribution in [0.5, 0.6) is 0 Å². The van der Waals surface area contributed by atoms with Crippen LogP contribution in [0.1, 0.15) is 11.4 Å². The molecule has 0 aliphatic rings. The Balaban J connectivity index is 2.57. The second kappa shape index (κ2) is 3.58. The van der Waals surface area contributed by atoms with E-state index in [4.69, 9.17) is 0 Å². The standard InChI is InChI=1S/C9H7F3N4/c1-6-13-15-16(14-6)8-5-3-2-4-7(8)9(10,11)12/h2-5H,1H3. The van der Waals surface area contributed by atoms with Gasteiger partial charge in [0.25, 0.3) is 0 Å². The molecule has 0 radical (unpaired) electrons. The van der Waals surface area contributed by atoms with Crippen molar-refractivity contribution in [3.63, 3.8) is 0 Å². The molecule has 7 heteroatoms. The highest BCUT2D eigenvalue weighted by molar-refractivity contribution is 5.40. The second-order valence-corrected chi connectivity index (χ2v) is 3.14. The summed E-state index contributed by atoms with van der Waals surface area (Å²) in [6.07, 6.45) is -4.43. The fraction of sp³-hybridized carbons (Fsp3) is 0.222. The van der Waals surface area contributed by atoms with E-state index in [1.807, 2.05) is 0 Å². The zero-order valence-electron chi connectivity index (χ0n) is 8.23. The van der Waals surface area contributed by atoms with Crippen LogP contribution in [0.3, 0.4) is 0 Å². The van der Waals surface area contributed by atoms with Crippen molar-refractivity contribution in [2.24, 2.45) is 0 Å². The minimum absolute atomic E-state index is 0.129. The lowest BCUT2D eigenvalue weighted by Crippen LogP contribution is -2.12. The molecule has 0 aliphatic heterocycles. The summed E-state index contributed by atoms with van der Waals surface area (Å²) in [5.41, 5.74) is -0.914. The van der Waals surface area contributed by atoms with E-state index in [9.17, 15) is 13.2 Å². The highest BCUT2D eigenvalue weighted by Crippen LogP contribution is 2.32. The normalized spacial score (nSPS) is 11.8. The Bertz CT molecular complexity index is 503. The maximum absolute atomic E-state index is 12.7. The van der Waals surface area contributed by atoms with E-state index in [0.717, 1.165) is 10.9 Å². The summed E-state index contributed by atoms with van der Waals surface area (Å²) in [6.45, 7) is 1.56. The summed E-state index contributed by atoms with van der Waals surface area (Å²) >= 11 is 0. The minimum Gasteiger partial charge on any atom is -0.166 e. The molecule has 0 amide bonds. The fourth-order valence-electron chi connectivity index (χ4n) is 1.27. The first kappa shape index (κ1) is 10.6. The molecule has 0 atom stereocenters. The Morgan fingerprint density at radius 1 is 1.19 bits per heavy atom. The lowest BCUT2D eigenvalue weighted by molar-refractivity contribution is -0.137. The second-order valence-electron chi connectivity index (χ2n) is 3.14. The maximum atomic E-state index is 12.7. The van der Waals surface area contributed by atoms with Crippen LogP contribution >= 0.6 is 0 Å². The van der Waals surface area contributed by atoms with Crippen molar-refractivity contribution in [3.05, 3.63) is 35.7 Å². The summed E-state index contributed by atoms with van der Waals surface area (Å²) in [5, 5.41) is 10.8. The molecule has 84 valence electrons. The Morgan fingerprint density at radius 3 is 2.44 bits per heavy atom. The number of rotatable bonds is 1. The van der Waals surface area contributed by atoms with Gasteiger partial charge < -0.3 is 0 Å². The van der Waals surface area contributed by atoms with E-state index in [-0.39, 0.29) is 5.69 Å². The van der Waals surface area contributed by atoms with Crippen molar-refractivity contribution in [2.45, 2.75) is 13.1 Å². The van der Waals surface area contributed by atoms with Crippen molar-refractivity contribution in [1.29, 1.82) is 0 Å². The van der Waals surface area contributed by atoms with Crippen LogP contribution in [0, 0.1) is 6.92 Å². The van der Waals surface area contributed by atoms with Crippen LogP contribution in [-0.2, 0) is 6.18 Å². The number of aryl methyl sites for hydroxylation is 1. The number of benzene rings is 1. The summed E-state index contributed by atoms with van der Waals surface area (Å²) in [4.78, 5) is 0.873. The zero-order valence-corrected chi connectivity index (χ0v) is 8.23. The van der Waals surface area contributed by atoms with Gasteiger partial charge in [0.15, 0.2) is 5.82 Å². The van der Waals surface area contributed by atoms with Crippen molar-refractivity contribution in [2.75, 3.05) is 0 Å². The van der Waals surface area contributed by atoms with Crippen LogP contribution in [-0.4, -0.2) is 20.2 Å². The third-order valence-electron chi connectivity index (χ3n) is 1.94. The molecule has 1 heterocycles. The number of alkyl halides is 3. The number of hydrogen-bond donors (Lipinski definition) is 0. The van der Waals surface area contributed by atoms with Gasteiger partial charge in [0.1, 0.15) is 0 Å². The van der Waals surface area contributed by atoms with Gasteiger partial charge in [0.2, 0.25) is 0 Å². The summed E-state index contributed by atoms with van der Waals surface area (Å²) < 4.78 is 38.0. The highest BCUT2D eigenvalue weighted by atomic mass is 19.4. The van der Waals surface area contributed by atoms with Gasteiger partial charge in [-0.15, -0.1) is 15.0 Å². The van der Waals surface area contributed by atoms with Crippen LogP contribution in [0.2, 0.25) is 0 Å². The van der Waals surface area contributed by atoms with E-state index in [0.29, 0.717) is 5.82 Å².